The Hall–Kier alpha value is -1.87. The van der Waals surface area contributed by atoms with Gasteiger partial charge in [-0.2, -0.15) is 0 Å². The molecule has 0 saturated heterocycles. The molecule has 1 heterocycles. The summed E-state index contributed by atoms with van der Waals surface area (Å²) in [5.74, 6) is 0.686. The van der Waals surface area contributed by atoms with Crippen LogP contribution >= 0.6 is 0 Å². The highest BCUT2D eigenvalue weighted by atomic mass is 16.5. The van der Waals surface area contributed by atoms with Crippen LogP contribution in [0.1, 0.15) is 43.6 Å². The number of hydrogen-bond donors (Lipinski definition) is 1. The van der Waals surface area contributed by atoms with Gasteiger partial charge in [-0.1, -0.05) is 31.2 Å². The SMILES string of the molecule is CCc1ccccc1C(O)c1cncc(OC(C)C)c1. The first-order valence-corrected chi connectivity index (χ1v) is 6.99. The molecule has 0 aliphatic rings. The molecule has 1 unspecified atom stereocenters. The summed E-state index contributed by atoms with van der Waals surface area (Å²) >= 11 is 0. The van der Waals surface area contributed by atoms with E-state index in [2.05, 4.69) is 11.9 Å². The first-order valence-electron chi connectivity index (χ1n) is 6.99. The Kier molecular flexibility index (Phi) is 4.74. The third-order valence-electron chi connectivity index (χ3n) is 3.15. The van der Waals surface area contributed by atoms with Crippen LogP contribution in [0.4, 0.5) is 0 Å². The van der Waals surface area contributed by atoms with Crippen molar-refractivity contribution in [1.82, 2.24) is 4.98 Å². The third kappa shape index (κ3) is 3.36. The van der Waals surface area contributed by atoms with Crippen molar-refractivity contribution in [3.63, 3.8) is 0 Å². The maximum absolute atomic E-state index is 10.6. The Morgan fingerprint density at radius 3 is 2.65 bits per heavy atom. The van der Waals surface area contributed by atoms with Gasteiger partial charge in [0.05, 0.1) is 12.3 Å². The van der Waals surface area contributed by atoms with Crippen molar-refractivity contribution in [1.29, 1.82) is 0 Å². The van der Waals surface area contributed by atoms with Crippen molar-refractivity contribution < 1.29 is 9.84 Å². The normalized spacial score (nSPS) is 12.4. The lowest BCUT2D eigenvalue weighted by Gasteiger charge is -2.16. The van der Waals surface area contributed by atoms with Gasteiger partial charge in [-0.25, -0.2) is 0 Å². The summed E-state index contributed by atoms with van der Waals surface area (Å²) in [5.41, 5.74) is 2.83. The first kappa shape index (κ1) is 14.5. The minimum Gasteiger partial charge on any atom is -0.489 e. The Morgan fingerprint density at radius 1 is 1.20 bits per heavy atom. The van der Waals surface area contributed by atoms with Crippen LogP contribution in [0.3, 0.4) is 0 Å². The van der Waals surface area contributed by atoms with Crippen LogP contribution in [0.25, 0.3) is 0 Å². The summed E-state index contributed by atoms with van der Waals surface area (Å²) in [7, 11) is 0. The number of pyridine rings is 1. The van der Waals surface area contributed by atoms with Gasteiger partial charge in [0.15, 0.2) is 0 Å². The molecule has 0 saturated carbocycles. The molecule has 106 valence electrons. The standard InChI is InChI=1S/C17H21NO2/c1-4-13-7-5-6-8-16(13)17(19)14-9-15(11-18-10-14)20-12(2)3/h5-12,17,19H,4H2,1-3H3. The summed E-state index contributed by atoms with van der Waals surface area (Å²) < 4.78 is 5.62. The fourth-order valence-corrected chi connectivity index (χ4v) is 2.22. The van der Waals surface area contributed by atoms with E-state index in [1.807, 2.05) is 44.2 Å². The highest BCUT2D eigenvalue weighted by Gasteiger charge is 2.14. The average Bonchev–Trinajstić information content (AvgIpc) is 2.46. The Bertz CT molecular complexity index is 566. The molecule has 0 spiro atoms. The molecule has 3 heteroatoms. The van der Waals surface area contributed by atoms with Crippen LogP contribution in [-0.4, -0.2) is 16.2 Å². The topological polar surface area (TPSA) is 42.4 Å². The molecule has 0 radical (unpaired) electrons. The molecule has 0 bridgehead atoms. The van der Waals surface area contributed by atoms with Gasteiger partial charge in [-0.3, -0.25) is 4.98 Å². The van der Waals surface area contributed by atoms with E-state index in [1.54, 1.807) is 12.4 Å². The van der Waals surface area contributed by atoms with Crippen LogP contribution in [0.5, 0.6) is 5.75 Å². The van der Waals surface area contributed by atoms with Crippen LogP contribution in [-0.2, 0) is 6.42 Å². The van der Waals surface area contributed by atoms with E-state index in [4.69, 9.17) is 4.74 Å². The smallest absolute Gasteiger partial charge is 0.138 e. The minimum absolute atomic E-state index is 0.0899. The molecule has 3 nitrogen and oxygen atoms in total. The summed E-state index contributed by atoms with van der Waals surface area (Å²) in [5, 5.41) is 10.6. The predicted molar refractivity (Wildman–Crippen MR) is 79.9 cm³/mol. The number of rotatable bonds is 5. The van der Waals surface area contributed by atoms with Crippen molar-refractivity contribution in [3.05, 3.63) is 59.4 Å². The lowest BCUT2D eigenvalue weighted by atomic mass is 9.96. The van der Waals surface area contributed by atoms with Crippen molar-refractivity contribution >= 4 is 0 Å². The average molecular weight is 271 g/mol. The monoisotopic (exact) mass is 271 g/mol. The number of aromatic nitrogens is 1. The maximum atomic E-state index is 10.6. The zero-order valence-corrected chi connectivity index (χ0v) is 12.2. The lowest BCUT2D eigenvalue weighted by molar-refractivity contribution is 0.214. The van der Waals surface area contributed by atoms with Gasteiger partial charge in [0.2, 0.25) is 0 Å². The highest BCUT2D eigenvalue weighted by molar-refractivity contribution is 5.37. The van der Waals surface area contributed by atoms with Gasteiger partial charge in [0, 0.05) is 11.8 Å². The van der Waals surface area contributed by atoms with Crippen molar-refractivity contribution in [2.75, 3.05) is 0 Å². The fraction of sp³-hybridized carbons (Fsp3) is 0.353. The van der Waals surface area contributed by atoms with E-state index in [0.717, 1.165) is 23.1 Å². The van der Waals surface area contributed by atoms with Gasteiger partial charge in [-0.15, -0.1) is 0 Å². The molecule has 1 aromatic heterocycles. The largest absolute Gasteiger partial charge is 0.489 e. The number of aliphatic hydroxyl groups excluding tert-OH is 1. The molecule has 0 aliphatic heterocycles. The van der Waals surface area contributed by atoms with Gasteiger partial charge >= 0.3 is 0 Å². The summed E-state index contributed by atoms with van der Waals surface area (Å²) in [6.07, 6.45) is 3.66. The van der Waals surface area contributed by atoms with Crippen LogP contribution in [0, 0.1) is 0 Å². The second-order valence-electron chi connectivity index (χ2n) is 5.08. The number of ether oxygens (including phenoxy) is 1. The Morgan fingerprint density at radius 2 is 1.95 bits per heavy atom. The molecule has 1 N–H and O–H groups in total. The predicted octanol–water partition coefficient (Wildman–Crippen LogP) is 3.51. The van der Waals surface area contributed by atoms with Gasteiger partial charge < -0.3 is 9.84 Å². The number of nitrogens with zero attached hydrogens (tertiary/aromatic N) is 1. The molecule has 2 rings (SSSR count). The third-order valence-corrected chi connectivity index (χ3v) is 3.15. The first-order chi connectivity index (χ1) is 9.61. The van der Waals surface area contributed by atoms with Crippen LogP contribution in [0.2, 0.25) is 0 Å². The summed E-state index contributed by atoms with van der Waals surface area (Å²) in [6.45, 7) is 6.02. The van der Waals surface area contributed by atoms with Crippen LogP contribution < -0.4 is 4.74 Å². The number of aryl methyl sites for hydroxylation is 1. The molecule has 0 aliphatic carbocycles. The molecule has 1 aromatic carbocycles. The molecule has 1 atom stereocenters. The number of aliphatic hydroxyl groups is 1. The van der Waals surface area contributed by atoms with E-state index >= 15 is 0 Å². The van der Waals surface area contributed by atoms with Gasteiger partial charge in [0.1, 0.15) is 11.9 Å². The van der Waals surface area contributed by atoms with E-state index < -0.39 is 6.10 Å². The molecular weight excluding hydrogens is 250 g/mol. The van der Waals surface area contributed by atoms with E-state index in [1.165, 1.54) is 0 Å². The van der Waals surface area contributed by atoms with Gasteiger partial charge in [0.25, 0.3) is 0 Å². The Labute approximate surface area is 120 Å². The molecular formula is C17H21NO2. The highest BCUT2D eigenvalue weighted by Crippen LogP contribution is 2.27. The van der Waals surface area contributed by atoms with E-state index in [9.17, 15) is 5.11 Å². The van der Waals surface area contributed by atoms with E-state index in [0.29, 0.717) is 5.75 Å². The lowest BCUT2D eigenvalue weighted by Crippen LogP contribution is -2.08. The zero-order chi connectivity index (χ0) is 14.5. The second kappa shape index (κ2) is 6.53. The number of benzene rings is 1. The van der Waals surface area contributed by atoms with Crippen LogP contribution in [0.15, 0.2) is 42.7 Å². The van der Waals surface area contributed by atoms with Gasteiger partial charge in [-0.05, 0) is 37.5 Å². The maximum Gasteiger partial charge on any atom is 0.138 e. The van der Waals surface area contributed by atoms with Crippen molar-refractivity contribution in [2.24, 2.45) is 0 Å². The van der Waals surface area contributed by atoms with Crippen molar-refractivity contribution in [2.45, 2.75) is 39.4 Å². The fourth-order valence-electron chi connectivity index (χ4n) is 2.22. The second-order valence-corrected chi connectivity index (χ2v) is 5.08. The molecule has 0 amide bonds. The van der Waals surface area contributed by atoms with Crippen molar-refractivity contribution in [3.8, 4) is 5.75 Å². The summed E-state index contributed by atoms with van der Waals surface area (Å²) in [6, 6.07) is 9.79. The number of hydrogen-bond acceptors (Lipinski definition) is 3. The van der Waals surface area contributed by atoms with E-state index in [-0.39, 0.29) is 6.10 Å². The molecule has 0 fully saturated rings. The minimum atomic E-state index is -0.672. The molecule has 20 heavy (non-hydrogen) atoms. The Balaban J connectivity index is 2.30. The summed E-state index contributed by atoms with van der Waals surface area (Å²) in [4.78, 5) is 4.15. The zero-order valence-electron chi connectivity index (χ0n) is 12.2. The molecule has 2 aromatic rings. The quantitative estimate of drug-likeness (QED) is 0.904.